The number of rotatable bonds is 8. The van der Waals surface area contributed by atoms with Crippen LogP contribution in [0.5, 0.6) is 0 Å². The number of aromatic nitrogens is 3. The molecule has 150 valence electrons. The van der Waals surface area contributed by atoms with Gasteiger partial charge in [0.2, 0.25) is 5.91 Å². The van der Waals surface area contributed by atoms with E-state index in [-0.39, 0.29) is 5.91 Å². The lowest BCUT2D eigenvalue weighted by Crippen LogP contribution is -2.33. The van der Waals surface area contributed by atoms with Crippen molar-refractivity contribution in [1.29, 1.82) is 0 Å². The summed E-state index contributed by atoms with van der Waals surface area (Å²) in [6.07, 6.45) is 0. The lowest BCUT2D eigenvalue weighted by Gasteiger charge is -2.20. The average molecular weight is 407 g/mol. The van der Waals surface area contributed by atoms with Crippen molar-refractivity contribution in [3.8, 4) is 17.1 Å². The topological polar surface area (TPSA) is 51.0 Å². The average Bonchev–Trinajstić information content (AvgIpc) is 3.15. The van der Waals surface area contributed by atoms with Gasteiger partial charge < -0.3 is 4.90 Å². The molecule has 0 radical (unpaired) electrons. The standard InChI is InChI=1S/C23H26N4OS/c1-5-26(15-17(2)3)21(28)16-29-23-25-24-22(19-9-7-6-8-10-19)27(23)20-13-11-18(4)12-14-20/h6-14H,2,5,15-16H2,1,3-4H3. The van der Waals surface area contributed by atoms with Gasteiger partial charge in [-0.1, -0.05) is 71.9 Å². The molecule has 1 heterocycles. The highest BCUT2D eigenvalue weighted by Crippen LogP contribution is 2.28. The molecule has 0 bridgehead atoms. The van der Waals surface area contributed by atoms with Gasteiger partial charge in [-0.2, -0.15) is 0 Å². The molecule has 0 aliphatic heterocycles. The van der Waals surface area contributed by atoms with Crippen molar-refractivity contribution in [2.24, 2.45) is 0 Å². The number of benzene rings is 2. The molecule has 0 unspecified atom stereocenters. The van der Waals surface area contributed by atoms with Crippen LogP contribution in [0.15, 0.2) is 71.9 Å². The predicted molar refractivity (Wildman–Crippen MR) is 119 cm³/mol. The van der Waals surface area contributed by atoms with Gasteiger partial charge in [0.1, 0.15) is 0 Å². The lowest BCUT2D eigenvalue weighted by atomic mass is 10.2. The van der Waals surface area contributed by atoms with E-state index in [4.69, 9.17) is 0 Å². The molecule has 6 heteroatoms. The normalized spacial score (nSPS) is 10.7. The molecule has 1 amide bonds. The maximum absolute atomic E-state index is 12.7. The lowest BCUT2D eigenvalue weighted by molar-refractivity contribution is -0.127. The van der Waals surface area contributed by atoms with Crippen molar-refractivity contribution in [3.05, 3.63) is 72.3 Å². The van der Waals surface area contributed by atoms with E-state index < -0.39 is 0 Å². The van der Waals surface area contributed by atoms with Gasteiger partial charge in [0, 0.05) is 24.3 Å². The molecule has 0 aliphatic carbocycles. The summed E-state index contributed by atoms with van der Waals surface area (Å²) in [5.74, 6) is 1.14. The Morgan fingerprint density at radius 1 is 1.10 bits per heavy atom. The van der Waals surface area contributed by atoms with E-state index in [9.17, 15) is 4.79 Å². The zero-order valence-corrected chi connectivity index (χ0v) is 17.9. The molecule has 3 rings (SSSR count). The highest BCUT2D eigenvalue weighted by Gasteiger charge is 2.19. The van der Waals surface area contributed by atoms with Gasteiger partial charge >= 0.3 is 0 Å². The molecule has 1 aromatic heterocycles. The van der Waals surface area contributed by atoms with E-state index in [1.54, 1.807) is 4.90 Å². The van der Waals surface area contributed by atoms with Crippen LogP contribution in [0.2, 0.25) is 0 Å². The van der Waals surface area contributed by atoms with Crippen LogP contribution in [0.3, 0.4) is 0 Å². The zero-order valence-electron chi connectivity index (χ0n) is 17.1. The van der Waals surface area contributed by atoms with Crippen molar-refractivity contribution < 1.29 is 4.79 Å². The Kier molecular flexibility index (Phi) is 6.88. The summed E-state index contributed by atoms with van der Waals surface area (Å²) in [5, 5.41) is 9.53. The maximum Gasteiger partial charge on any atom is 0.233 e. The first-order valence-electron chi connectivity index (χ1n) is 9.62. The summed E-state index contributed by atoms with van der Waals surface area (Å²) in [4.78, 5) is 14.5. The second-order valence-corrected chi connectivity index (χ2v) is 7.94. The van der Waals surface area contributed by atoms with Crippen molar-refractivity contribution >= 4 is 17.7 Å². The van der Waals surface area contributed by atoms with Crippen molar-refractivity contribution in [2.45, 2.75) is 25.9 Å². The number of aryl methyl sites for hydroxylation is 1. The van der Waals surface area contributed by atoms with E-state index in [0.29, 0.717) is 24.0 Å². The molecule has 0 saturated carbocycles. The van der Waals surface area contributed by atoms with Crippen LogP contribution in [-0.2, 0) is 4.79 Å². The van der Waals surface area contributed by atoms with Gasteiger partial charge in [-0.15, -0.1) is 10.2 Å². The molecule has 0 fully saturated rings. The van der Waals surface area contributed by atoms with Crippen molar-refractivity contribution in [1.82, 2.24) is 19.7 Å². The smallest absolute Gasteiger partial charge is 0.233 e. The fourth-order valence-electron chi connectivity index (χ4n) is 2.98. The van der Waals surface area contributed by atoms with Gasteiger partial charge in [-0.3, -0.25) is 9.36 Å². The Bertz CT molecular complexity index is 980. The SMILES string of the molecule is C=C(C)CN(CC)C(=O)CSc1nnc(-c2ccccc2)n1-c1ccc(C)cc1. The highest BCUT2D eigenvalue weighted by molar-refractivity contribution is 7.99. The van der Waals surface area contributed by atoms with E-state index >= 15 is 0 Å². The molecule has 0 spiro atoms. The van der Waals surface area contributed by atoms with Gasteiger partial charge in [-0.05, 0) is 32.9 Å². The molecule has 3 aromatic rings. The number of amides is 1. The number of likely N-dealkylation sites (N-methyl/N-ethyl adjacent to an activating group) is 1. The van der Waals surface area contributed by atoms with Crippen LogP contribution in [0.1, 0.15) is 19.4 Å². The van der Waals surface area contributed by atoms with Gasteiger partial charge in [-0.25, -0.2) is 0 Å². The second-order valence-electron chi connectivity index (χ2n) is 7.00. The first-order chi connectivity index (χ1) is 14.0. The molecule has 0 aliphatic rings. The Hall–Kier alpha value is -2.86. The van der Waals surface area contributed by atoms with Crippen molar-refractivity contribution in [2.75, 3.05) is 18.8 Å². The quantitative estimate of drug-likeness (QED) is 0.400. The van der Waals surface area contributed by atoms with Crippen LogP contribution < -0.4 is 0 Å². The fraction of sp³-hybridized carbons (Fsp3) is 0.261. The molecular formula is C23H26N4OS. The summed E-state index contributed by atoms with van der Waals surface area (Å²) in [5.41, 5.74) is 4.12. The van der Waals surface area contributed by atoms with Gasteiger partial charge in [0.25, 0.3) is 0 Å². The first-order valence-corrected chi connectivity index (χ1v) is 10.6. The third kappa shape index (κ3) is 5.15. The molecule has 2 aromatic carbocycles. The summed E-state index contributed by atoms with van der Waals surface area (Å²) >= 11 is 1.41. The number of hydrogen-bond acceptors (Lipinski definition) is 4. The van der Waals surface area contributed by atoms with Crippen LogP contribution in [0, 0.1) is 6.92 Å². The van der Waals surface area contributed by atoms with Crippen LogP contribution in [-0.4, -0.2) is 44.4 Å². The predicted octanol–water partition coefficient (Wildman–Crippen LogP) is 4.76. The molecule has 0 N–H and O–H groups in total. The van der Waals surface area contributed by atoms with E-state index in [1.807, 2.05) is 48.7 Å². The Labute approximate surface area is 176 Å². The number of nitrogens with zero attached hydrogens (tertiary/aromatic N) is 4. The Balaban J connectivity index is 1.91. The number of carbonyl (C=O) groups excluding carboxylic acids is 1. The molecular weight excluding hydrogens is 380 g/mol. The minimum Gasteiger partial charge on any atom is -0.338 e. The van der Waals surface area contributed by atoms with Gasteiger partial charge in [0.05, 0.1) is 5.75 Å². The zero-order chi connectivity index (χ0) is 20.8. The first kappa shape index (κ1) is 20.9. The van der Waals surface area contributed by atoms with Crippen LogP contribution in [0.25, 0.3) is 17.1 Å². The minimum atomic E-state index is 0.0696. The molecule has 0 atom stereocenters. The Morgan fingerprint density at radius 3 is 2.41 bits per heavy atom. The third-order valence-corrected chi connectivity index (χ3v) is 5.39. The van der Waals surface area contributed by atoms with E-state index in [2.05, 4.69) is 48.0 Å². The summed E-state index contributed by atoms with van der Waals surface area (Å²) in [6, 6.07) is 18.2. The van der Waals surface area contributed by atoms with Crippen LogP contribution in [0.4, 0.5) is 0 Å². The number of hydrogen-bond donors (Lipinski definition) is 0. The summed E-state index contributed by atoms with van der Waals surface area (Å²) in [6.45, 7) is 11.1. The summed E-state index contributed by atoms with van der Waals surface area (Å²) < 4.78 is 2.02. The summed E-state index contributed by atoms with van der Waals surface area (Å²) in [7, 11) is 0. The fourth-order valence-corrected chi connectivity index (χ4v) is 3.84. The maximum atomic E-state index is 12.7. The van der Waals surface area contributed by atoms with E-state index in [0.717, 1.165) is 22.6 Å². The third-order valence-electron chi connectivity index (χ3n) is 4.48. The van der Waals surface area contributed by atoms with Crippen molar-refractivity contribution in [3.63, 3.8) is 0 Å². The molecule has 5 nitrogen and oxygen atoms in total. The van der Waals surface area contributed by atoms with Crippen LogP contribution >= 0.6 is 11.8 Å². The monoisotopic (exact) mass is 406 g/mol. The molecule has 0 saturated heterocycles. The van der Waals surface area contributed by atoms with E-state index in [1.165, 1.54) is 17.3 Å². The number of thioether (sulfide) groups is 1. The van der Waals surface area contributed by atoms with Gasteiger partial charge in [0.15, 0.2) is 11.0 Å². The minimum absolute atomic E-state index is 0.0696. The highest BCUT2D eigenvalue weighted by atomic mass is 32.2. The number of carbonyl (C=O) groups is 1. The second kappa shape index (κ2) is 9.56. The Morgan fingerprint density at radius 2 is 1.79 bits per heavy atom. The molecule has 29 heavy (non-hydrogen) atoms. The largest absolute Gasteiger partial charge is 0.338 e.